The number of carbonyl (C=O) groups excluding carboxylic acids is 3. The summed E-state index contributed by atoms with van der Waals surface area (Å²) < 4.78 is 0. The standard InChI is InChI=1S/C19H36N4O6/c1-6-11(4)15(19(28)29)22-18(27)16(12(5)24)23-17(26)13(9-10(2)3)21-14(25)7-8-20/h10-13,15-16,24H,6-9,20H2,1-5H3,(H,21,25)(H,22,27)(H,23,26)(H,28,29)/t11-,12+,13-,15-,16-/m0/s1. The fourth-order valence-electron chi connectivity index (χ4n) is 2.69. The Labute approximate surface area is 172 Å². The summed E-state index contributed by atoms with van der Waals surface area (Å²) in [5.41, 5.74) is 5.35. The maximum absolute atomic E-state index is 12.7. The first kappa shape index (κ1) is 26.8. The first-order chi connectivity index (χ1) is 13.4. The van der Waals surface area contributed by atoms with Gasteiger partial charge < -0.3 is 31.9 Å². The number of amides is 3. The lowest BCUT2D eigenvalue weighted by Crippen LogP contribution is -2.59. The van der Waals surface area contributed by atoms with Crippen LogP contribution in [-0.4, -0.2) is 64.7 Å². The minimum Gasteiger partial charge on any atom is -0.480 e. The number of aliphatic hydroxyl groups excluding tert-OH is 1. The van der Waals surface area contributed by atoms with Gasteiger partial charge in [0.1, 0.15) is 18.1 Å². The van der Waals surface area contributed by atoms with Crippen LogP contribution in [0, 0.1) is 11.8 Å². The van der Waals surface area contributed by atoms with Crippen LogP contribution in [0.3, 0.4) is 0 Å². The number of carboxylic acid groups (broad SMARTS) is 1. The van der Waals surface area contributed by atoms with Crippen LogP contribution in [0.5, 0.6) is 0 Å². The Bertz CT molecular complexity index is 567. The molecule has 0 unspecified atom stereocenters. The van der Waals surface area contributed by atoms with Crippen LogP contribution in [0.4, 0.5) is 0 Å². The second-order valence-corrected chi connectivity index (χ2v) is 7.73. The molecule has 3 amide bonds. The molecule has 0 rings (SSSR count). The van der Waals surface area contributed by atoms with E-state index in [0.717, 1.165) is 0 Å². The van der Waals surface area contributed by atoms with E-state index >= 15 is 0 Å². The molecule has 29 heavy (non-hydrogen) atoms. The van der Waals surface area contributed by atoms with Crippen LogP contribution in [0.15, 0.2) is 0 Å². The molecule has 168 valence electrons. The van der Waals surface area contributed by atoms with Crippen molar-refractivity contribution in [3.8, 4) is 0 Å². The molecule has 0 saturated carbocycles. The van der Waals surface area contributed by atoms with Gasteiger partial charge in [0.25, 0.3) is 0 Å². The zero-order valence-electron chi connectivity index (χ0n) is 17.9. The largest absolute Gasteiger partial charge is 0.480 e. The molecule has 5 atom stereocenters. The van der Waals surface area contributed by atoms with Gasteiger partial charge in [0.15, 0.2) is 0 Å². The van der Waals surface area contributed by atoms with Crippen LogP contribution in [0.1, 0.15) is 53.9 Å². The summed E-state index contributed by atoms with van der Waals surface area (Å²) in [4.78, 5) is 48.6. The number of carboxylic acids is 1. The van der Waals surface area contributed by atoms with E-state index in [4.69, 9.17) is 5.73 Å². The van der Waals surface area contributed by atoms with Crippen LogP contribution in [0.25, 0.3) is 0 Å². The van der Waals surface area contributed by atoms with Crippen molar-refractivity contribution in [3.05, 3.63) is 0 Å². The molecule has 0 radical (unpaired) electrons. The van der Waals surface area contributed by atoms with Crippen molar-refractivity contribution in [2.24, 2.45) is 17.6 Å². The lowest BCUT2D eigenvalue weighted by molar-refractivity contribution is -0.144. The first-order valence-corrected chi connectivity index (χ1v) is 9.95. The van der Waals surface area contributed by atoms with Gasteiger partial charge in [-0.2, -0.15) is 0 Å². The molecule has 0 fully saturated rings. The summed E-state index contributed by atoms with van der Waals surface area (Å²) in [5.74, 6) is -3.31. The Morgan fingerprint density at radius 3 is 1.90 bits per heavy atom. The van der Waals surface area contributed by atoms with E-state index < -0.39 is 47.9 Å². The first-order valence-electron chi connectivity index (χ1n) is 9.95. The van der Waals surface area contributed by atoms with Gasteiger partial charge in [-0.25, -0.2) is 4.79 Å². The summed E-state index contributed by atoms with van der Waals surface area (Å²) in [6.45, 7) is 8.66. The summed E-state index contributed by atoms with van der Waals surface area (Å²) in [6, 6.07) is -3.43. The number of aliphatic carboxylic acids is 1. The van der Waals surface area contributed by atoms with E-state index in [2.05, 4.69) is 16.0 Å². The van der Waals surface area contributed by atoms with Crippen LogP contribution in [-0.2, 0) is 19.2 Å². The predicted molar refractivity (Wildman–Crippen MR) is 108 cm³/mol. The van der Waals surface area contributed by atoms with Crippen molar-refractivity contribution >= 4 is 23.7 Å². The number of rotatable bonds is 13. The molecule has 0 saturated heterocycles. The Balaban J connectivity index is 5.34. The summed E-state index contributed by atoms with van der Waals surface area (Å²) in [5, 5.41) is 26.7. The van der Waals surface area contributed by atoms with Gasteiger partial charge in [-0.1, -0.05) is 34.1 Å². The minimum atomic E-state index is -1.37. The van der Waals surface area contributed by atoms with Gasteiger partial charge in [0.2, 0.25) is 17.7 Å². The number of hydrogen-bond donors (Lipinski definition) is 6. The van der Waals surface area contributed by atoms with Gasteiger partial charge in [-0.15, -0.1) is 0 Å². The van der Waals surface area contributed by atoms with Gasteiger partial charge in [0, 0.05) is 13.0 Å². The molecular weight excluding hydrogens is 380 g/mol. The maximum atomic E-state index is 12.7. The Kier molecular flexibility index (Phi) is 12.1. The molecule has 0 heterocycles. The fraction of sp³-hybridized carbons (Fsp3) is 0.789. The van der Waals surface area contributed by atoms with E-state index in [1.165, 1.54) is 6.92 Å². The second kappa shape index (κ2) is 13.1. The lowest BCUT2D eigenvalue weighted by atomic mass is 9.98. The van der Waals surface area contributed by atoms with Crippen LogP contribution >= 0.6 is 0 Å². The number of nitrogens with one attached hydrogen (secondary N) is 3. The molecule has 7 N–H and O–H groups in total. The molecule has 0 aromatic carbocycles. The highest BCUT2D eigenvalue weighted by atomic mass is 16.4. The summed E-state index contributed by atoms with van der Waals surface area (Å²) in [6.07, 6.45) is -0.380. The molecule has 0 aliphatic rings. The maximum Gasteiger partial charge on any atom is 0.326 e. The molecule has 0 bridgehead atoms. The van der Waals surface area contributed by atoms with Crippen molar-refractivity contribution in [1.82, 2.24) is 16.0 Å². The third-order valence-corrected chi connectivity index (χ3v) is 4.57. The van der Waals surface area contributed by atoms with Gasteiger partial charge >= 0.3 is 5.97 Å². The summed E-state index contributed by atoms with van der Waals surface area (Å²) in [7, 11) is 0. The topological polar surface area (TPSA) is 171 Å². The van der Waals surface area contributed by atoms with E-state index in [0.29, 0.717) is 12.8 Å². The fourth-order valence-corrected chi connectivity index (χ4v) is 2.69. The van der Waals surface area contributed by atoms with Gasteiger partial charge in [-0.05, 0) is 25.2 Å². The number of nitrogens with two attached hydrogens (primary N) is 1. The molecule has 0 spiro atoms. The Morgan fingerprint density at radius 1 is 0.931 bits per heavy atom. The van der Waals surface area contributed by atoms with E-state index in [1.807, 2.05) is 13.8 Å². The third kappa shape index (κ3) is 9.71. The SMILES string of the molecule is CC[C@H](C)[C@H](NC(=O)[C@@H](NC(=O)[C@H](CC(C)C)NC(=O)CCN)[C@@H](C)O)C(=O)O. The normalized spacial score (nSPS) is 16.3. The highest BCUT2D eigenvalue weighted by molar-refractivity contribution is 5.93. The molecule has 0 aliphatic carbocycles. The van der Waals surface area contributed by atoms with Gasteiger partial charge in [-0.3, -0.25) is 14.4 Å². The second-order valence-electron chi connectivity index (χ2n) is 7.73. The molecule has 0 aromatic rings. The zero-order chi connectivity index (χ0) is 22.7. The molecule has 0 aromatic heterocycles. The average molecular weight is 417 g/mol. The number of aliphatic hydroxyl groups is 1. The molecule has 0 aliphatic heterocycles. The number of carbonyl (C=O) groups is 4. The minimum absolute atomic E-state index is 0.0530. The van der Waals surface area contributed by atoms with Crippen molar-refractivity contribution in [1.29, 1.82) is 0 Å². The van der Waals surface area contributed by atoms with E-state index in [-0.39, 0.29) is 24.8 Å². The molecule has 10 nitrogen and oxygen atoms in total. The van der Waals surface area contributed by atoms with Gasteiger partial charge in [0.05, 0.1) is 6.10 Å². The highest BCUT2D eigenvalue weighted by Gasteiger charge is 2.33. The Hall–Kier alpha value is -2.20. The average Bonchev–Trinajstić information content (AvgIpc) is 2.61. The monoisotopic (exact) mass is 416 g/mol. The van der Waals surface area contributed by atoms with Crippen LogP contribution in [0.2, 0.25) is 0 Å². The molecule has 10 heteroatoms. The predicted octanol–water partition coefficient (Wildman–Crippen LogP) is -0.653. The van der Waals surface area contributed by atoms with Crippen molar-refractivity contribution in [2.75, 3.05) is 6.54 Å². The quantitative estimate of drug-likeness (QED) is 0.231. The summed E-state index contributed by atoms with van der Waals surface area (Å²) >= 11 is 0. The van der Waals surface area contributed by atoms with E-state index in [1.54, 1.807) is 13.8 Å². The van der Waals surface area contributed by atoms with Crippen molar-refractivity contribution in [2.45, 2.75) is 78.1 Å². The third-order valence-electron chi connectivity index (χ3n) is 4.57. The number of hydrogen-bond acceptors (Lipinski definition) is 6. The zero-order valence-corrected chi connectivity index (χ0v) is 17.9. The van der Waals surface area contributed by atoms with Crippen molar-refractivity contribution in [3.63, 3.8) is 0 Å². The van der Waals surface area contributed by atoms with Crippen molar-refractivity contribution < 1.29 is 29.4 Å². The highest BCUT2D eigenvalue weighted by Crippen LogP contribution is 2.10. The smallest absolute Gasteiger partial charge is 0.326 e. The van der Waals surface area contributed by atoms with Crippen LogP contribution < -0.4 is 21.7 Å². The Morgan fingerprint density at radius 2 is 1.48 bits per heavy atom. The van der Waals surface area contributed by atoms with E-state index in [9.17, 15) is 29.4 Å². The lowest BCUT2D eigenvalue weighted by Gasteiger charge is -2.27. The molecular formula is C19H36N4O6.